The number of nitrogens with two attached hydrogens (primary N) is 1. The number of aryl methyl sites for hydroxylation is 1. The molecule has 4 rings (SSSR count). The zero-order chi connectivity index (χ0) is 19.5. The summed E-state index contributed by atoms with van der Waals surface area (Å²) < 4.78 is 7.71. The maximum absolute atomic E-state index is 12.7. The molecule has 10 heteroatoms. The van der Waals surface area contributed by atoms with Gasteiger partial charge in [0.05, 0.1) is 23.8 Å². The van der Waals surface area contributed by atoms with Gasteiger partial charge in [0.2, 0.25) is 0 Å². The maximum atomic E-state index is 12.7. The number of amides is 1. The van der Waals surface area contributed by atoms with Crippen LogP contribution < -0.4 is 11.1 Å². The number of hydrogen-bond acceptors (Lipinski definition) is 8. The van der Waals surface area contributed by atoms with Crippen molar-refractivity contribution >= 4 is 22.9 Å². The number of carbonyl (C=O) groups excluding carboxylic acids is 1. The van der Waals surface area contributed by atoms with E-state index in [1.807, 2.05) is 7.05 Å². The van der Waals surface area contributed by atoms with E-state index in [1.54, 1.807) is 34.8 Å². The van der Waals surface area contributed by atoms with Crippen molar-refractivity contribution in [3.05, 3.63) is 41.6 Å². The molecule has 3 aromatic heterocycles. The molecule has 3 aromatic rings. The van der Waals surface area contributed by atoms with E-state index in [9.17, 15) is 4.79 Å². The van der Waals surface area contributed by atoms with E-state index in [0.29, 0.717) is 28.7 Å². The van der Waals surface area contributed by atoms with Gasteiger partial charge in [0.1, 0.15) is 22.5 Å². The highest BCUT2D eigenvalue weighted by molar-refractivity contribution is 7.13. The number of aromatic nitrogens is 5. The molecule has 146 valence electrons. The third kappa shape index (κ3) is 3.93. The number of ether oxygens (including phenoxy) is 1. The van der Waals surface area contributed by atoms with Crippen LogP contribution in [0.25, 0.3) is 10.7 Å². The highest BCUT2D eigenvalue weighted by Gasteiger charge is 2.25. The minimum absolute atomic E-state index is 0.144. The topological polar surface area (TPSA) is 121 Å². The monoisotopic (exact) mass is 399 g/mol. The molecule has 1 amide bonds. The molecule has 0 spiro atoms. The lowest BCUT2D eigenvalue weighted by Gasteiger charge is -2.17. The summed E-state index contributed by atoms with van der Waals surface area (Å²) in [6.45, 7) is 0.595. The van der Waals surface area contributed by atoms with E-state index in [4.69, 9.17) is 10.5 Å². The largest absolute Gasteiger partial charge is 0.372 e. The Kier molecular flexibility index (Phi) is 5.42. The predicted molar refractivity (Wildman–Crippen MR) is 105 cm³/mol. The SMILES string of the molecule is Cn1ncc(NC(=O)c2csc(-c3cnccn3)n2)c1[C@@H]1CC[C@@H](N)CCO1. The fourth-order valence-corrected chi connectivity index (χ4v) is 3.95. The first-order chi connectivity index (χ1) is 13.6. The first-order valence-corrected chi connectivity index (χ1v) is 9.92. The van der Waals surface area contributed by atoms with E-state index in [2.05, 4.69) is 25.4 Å². The van der Waals surface area contributed by atoms with Crippen LogP contribution in [0, 0.1) is 0 Å². The summed E-state index contributed by atoms with van der Waals surface area (Å²) in [4.78, 5) is 25.3. The highest BCUT2D eigenvalue weighted by atomic mass is 32.1. The van der Waals surface area contributed by atoms with Crippen LogP contribution in [-0.2, 0) is 11.8 Å². The highest BCUT2D eigenvalue weighted by Crippen LogP contribution is 2.32. The summed E-state index contributed by atoms with van der Waals surface area (Å²) in [6, 6.07) is 0.144. The van der Waals surface area contributed by atoms with E-state index < -0.39 is 0 Å². The Morgan fingerprint density at radius 1 is 1.32 bits per heavy atom. The standard InChI is InChI=1S/C18H21N7O2S/c1-25-16(15-3-2-11(19)4-7-27-15)12(9-22-25)23-17(26)14-10-28-18(24-14)13-8-20-5-6-21-13/h5-6,8-11,15H,2-4,7,19H2,1H3,(H,23,26)/t11-,15+/m1/s1. The molecular weight excluding hydrogens is 378 g/mol. The Morgan fingerprint density at radius 3 is 3.04 bits per heavy atom. The quantitative estimate of drug-likeness (QED) is 0.689. The number of thiazole rings is 1. The number of hydrogen-bond donors (Lipinski definition) is 2. The van der Waals surface area contributed by atoms with E-state index in [0.717, 1.165) is 25.0 Å². The number of anilines is 1. The van der Waals surface area contributed by atoms with Crippen LogP contribution in [0.2, 0.25) is 0 Å². The Hall–Kier alpha value is -2.69. The lowest BCUT2D eigenvalue weighted by atomic mass is 10.1. The van der Waals surface area contributed by atoms with Gasteiger partial charge in [0, 0.05) is 37.5 Å². The van der Waals surface area contributed by atoms with Gasteiger partial charge in [-0.25, -0.2) is 4.98 Å². The fraction of sp³-hybridized carbons (Fsp3) is 0.389. The molecule has 0 saturated carbocycles. The molecule has 2 atom stereocenters. The van der Waals surface area contributed by atoms with Gasteiger partial charge in [0.25, 0.3) is 5.91 Å². The van der Waals surface area contributed by atoms with Crippen molar-refractivity contribution in [1.29, 1.82) is 0 Å². The maximum Gasteiger partial charge on any atom is 0.275 e. The summed E-state index contributed by atoms with van der Waals surface area (Å²) in [7, 11) is 1.84. The summed E-state index contributed by atoms with van der Waals surface area (Å²) in [6.07, 6.45) is 8.79. The van der Waals surface area contributed by atoms with Gasteiger partial charge >= 0.3 is 0 Å². The minimum Gasteiger partial charge on any atom is -0.372 e. The average Bonchev–Trinajstić information content (AvgIpc) is 3.27. The second kappa shape index (κ2) is 8.13. The number of carbonyl (C=O) groups is 1. The zero-order valence-electron chi connectivity index (χ0n) is 15.4. The van der Waals surface area contributed by atoms with Gasteiger partial charge in [-0.15, -0.1) is 11.3 Å². The molecule has 0 unspecified atom stereocenters. The Balaban J connectivity index is 1.52. The van der Waals surface area contributed by atoms with Crippen LogP contribution >= 0.6 is 11.3 Å². The predicted octanol–water partition coefficient (Wildman–Crippen LogP) is 2.15. The smallest absolute Gasteiger partial charge is 0.275 e. The van der Waals surface area contributed by atoms with Crippen molar-refractivity contribution in [2.75, 3.05) is 11.9 Å². The number of nitrogens with zero attached hydrogens (tertiary/aromatic N) is 5. The van der Waals surface area contributed by atoms with Crippen LogP contribution in [0.4, 0.5) is 5.69 Å². The molecule has 4 heterocycles. The molecule has 9 nitrogen and oxygen atoms in total. The van der Waals surface area contributed by atoms with Gasteiger partial charge < -0.3 is 15.8 Å². The van der Waals surface area contributed by atoms with E-state index in [-0.39, 0.29) is 18.1 Å². The molecule has 1 saturated heterocycles. The Bertz CT molecular complexity index is 956. The molecule has 3 N–H and O–H groups in total. The van der Waals surface area contributed by atoms with Crippen molar-refractivity contribution in [3.63, 3.8) is 0 Å². The van der Waals surface area contributed by atoms with Crippen LogP contribution in [-0.4, -0.2) is 43.3 Å². The molecular formula is C18H21N7O2S. The zero-order valence-corrected chi connectivity index (χ0v) is 16.2. The number of nitrogens with one attached hydrogen (secondary N) is 1. The molecule has 1 aliphatic heterocycles. The van der Waals surface area contributed by atoms with Crippen LogP contribution in [0.3, 0.4) is 0 Å². The van der Waals surface area contributed by atoms with Gasteiger partial charge in [0.15, 0.2) is 0 Å². The van der Waals surface area contributed by atoms with Crippen molar-refractivity contribution in [2.45, 2.75) is 31.4 Å². The van der Waals surface area contributed by atoms with Gasteiger partial charge in [-0.05, 0) is 19.3 Å². The molecule has 28 heavy (non-hydrogen) atoms. The van der Waals surface area contributed by atoms with Gasteiger partial charge in [-0.1, -0.05) is 0 Å². The van der Waals surface area contributed by atoms with E-state index >= 15 is 0 Å². The number of rotatable bonds is 4. The average molecular weight is 399 g/mol. The summed E-state index contributed by atoms with van der Waals surface area (Å²) >= 11 is 1.35. The third-order valence-electron chi connectivity index (χ3n) is 4.66. The van der Waals surface area contributed by atoms with Crippen molar-refractivity contribution in [2.24, 2.45) is 12.8 Å². The lowest BCUT2D eigenvalue weighted by molar-refractivity contribution is 0.0529. The molecule has 0 aliphatic carbocycles. The Morgan fingerprint density at radius 2 is 2.21 bits per heavy atom. The van der Waals surface area contributed by atoms with E-state index in [1.165, 1.54) is 11.3 Å². The first kappa shape index (κ1) is 18.7. The third-order valence-corrected chi connectivity index (χ3v) is 5.53. The molecule has 0 radical (unpaired) electrons. The molecule has 1 fully saturated rings. The van der Waals surface area contributed by atoms with Crippen LogP contribution in [0.1, 0.15) is 41.5 Å². The van der Waals surface area contributed by atoms with Crippen molar-refractivity contribution in [3.8, 4) is 10.7 Å². The molecule has 0 aromatic carbocycles. The van der Waals surface area contributed by atoms with Gasteiger partial charge in [-0.2, -0.15) is 5.10 Å². The normalized spacial score (nSPS) is 19.9. The molecule has 0 bridgehead atoms. The fourth-order valence-electron chi connectivity index (χ4n) is 3.19. The first-order valence-electron chi connectivity index (χ1n) is 9.04. The van der Waals surface area contributed by atoms with Crippen LogP contribution in [0.15, 0.2) is 30.2 Å². The lowest BCUT2D eigenvalue weighted by Crippen LogP contribution is -2.19. The van der Waals surface area contributed by atoms with Crippen molar-refractivity contribution < 1.29 is 9.53 Å². The molecule has 1 aliphatic rings. The second-order valence-corrected chi connectivity index (χ2v) is 7.49. The summed E-state index contributed by atoms with van der Waals surface area (Å²) in [5.41, 5.74) is 8.47. The van der Waals surface area contributed by atoms with Gasteiger partial charge in [-0.3, -0.25) is 19.4 Å². The van der Waals surface area contributed by atoms with Crippen molar-refractivity contribution in [1.82, 2.24) is 24.7 Å². The Labute approximate surface area is 166 Å². The summed E-state index contributed by atoms with van der Waals surface area (Å²) in [5.74, 6) is -0.300. The second-order valence-electron chi connectivity index (χ2n) is 6.64. The minimum atomic E-state index is -0.300. The summed E-state index contributed by atoms with van der Waals surface area (Å²) in [5, 5.41) is 9.56. The van der Waals surface area contributed by atoms with Crippen LogP contribution in [0.5, 0.6) is 0 Å².